The second-order valence-electron chi connectivity index (χ2n) is 5.59. The third kappa shape index (κ3) is 4.67. The Bertz CT molecular complexity index is 700. The Morgan fingerprint density at radius 3 is 2.72 bits per heavy atom. The van der Waals surface area contributed by atoms with Crippen molar-refractivity contribution >= 4 is 11.9 Å². The highest BCUT2D eigenvalue weighted by Crippen LogP contribution is 2.13. The van der Waals surface area contributed by atoms with Gasteiger partial charge in [-0.2, -0.15) is 0 Å². The van der Waals surface area contributed by atoms with Crippen LogP contribution >= 0.6 is 0 Å². The molecule has 1 aromatic heterocycles. The minimum absolute atomic E-state index is 0.144. The lowest BCUT2D eigenvalue weighted by Crippen LogP contribution is -2.37. The summed E-state index contributed by atoms with van der Waals surface area (Å²) in [5.74, 6) is 1.29. The zero-order chi connectivity index (χ0) is 17.5. The van der Waals surface area contributed by atoms with Gasteiger partial charge in [-0.1, -0.05) is 0 Å². The fourth-order valence-electron chi connectivity index (χ4n) is 2.54. The highest BCUT2D eigenvalue weighted by atomic mass is 16.5. The Hall–Kier alpha value is -2.67. The van der Waals surface area contributed by atoms with Crippen molar-refractivity contribution in [2.45, 2.75) is 13.5 Å². The van der Waals surface area contributed by atoms with Gasteiger partial charge in [-0.3, -0.25) is 4.79 Å². The average Bonchev–Trinajstić information content (AvgIpc) is 2.68. The van der Waals surface area contributed by atoms with Crippen molar-refractivity contribution in [3.8, 4) is 5.75 Å². The Morgan fingerprint density at radius 1 is 1.24 bits per heavy atom. The number of hydrogen-bond acceptors (Lipinski definition) is 6. The van der Waals surface area contributed by atoms with Crippen LogP contribution < -0.4 is 15.0 Å². The largest absolute Gasteiger partial charge is 0.494 e. The van der Waals surface area contributed by atoms with Crippen LogP contribution in [0.5, 0.6) is 5.75 Å². The van der Waals surface area contributed by atoms with Crippen molar-refractivity contribution in [2.75, 3.05) is 37.8 Å². The van der Waals surface area contributed by atoms with Gasteiger partial charge < -0.3 is 19.7 Å². The topological polar surface area (TPSA) is 76.6 Å². The number of aromatic nitrogens is 2. The second-order valence-corrected chi connectivity index (χ2v) is 5.59. The van der Waals surface area contributed by atoms with Crippen LogP contribution in [0.2, 0.25) is 0 Å². The Labute approximate surface area is 147 Å². The van der Waals surface area contributed by atoms with E-state index in [9.17, 15) is 4.79 Å². The van der Waals surface area contributed by atoms with Gasteiger partial charge in [0.2, 0.25) is 5.95 Å². The summed E-state index contributed by atoms with van der Waals surface area (Å²) >= 11 is 0. The first kappa shape index (κ1) is 17.2. The average molecular weight is 342 g/mol. The van der Waals surface area contributed by atoms with E-state index in [-0.39, 0.29) is 5.91 Å². The maximum Gasteiger partial charge on any atom is 0.251 e. The Morgan fingerprint density at radius 2 is 2.00 bits per heavy atom. The molecule has 1 N–H and O–H groups in total. The molecule has 0 unspecified atom stereocenters. The smallest absolute Gasteiger partial charge is 0.251 e. The number of anilines is 1. The van der Waals surface area contributed by atoms with E-state index in [0.717, 1.165) is 24.5 Å². The summed E-state index contributed by atoms with van der Waals surface area (Å²) in [6, 6.07) is 8.89. The lowest BCUT2D eigenvalue weighted by molar-refractivity contribution is 0.0950. The van der Waals surface area contributed by atoms with E-state index >= 15 is 0 Å². The maximum absolute atomic E-state index is 12.3. The molecule has 0 aliphatic carbocycles. The summed E-state index contributed by atoms with van der Waals surface area (Å²) < 4.78 is 10.7. The molecule has 1 saturated heterocycles. The number of nitrogens with one attached hydrogen (secondary N) is 1. The van der Waals surface area contributed by atoms with Gasteiger partial charge in [0.25, 0.3) is 5.91 Å². The first-order valence-electron chi connectivity index (χ1n) is 8.42. The highest BCUT2D eigenvalue weighted by molar-refractivity contribution is 5.94. The first-order valence-corrected chi connectivity index (χ1v) is 8.42. The van der Waals surface area contributed by atoms with Crippen LogP contribution in [0, 0.1) is 0 Å². The van der Waals surface area contributed by atoms with Crippen LogP contribution in [0.4, 0.5) is 5.95 Å². The van der Waals surface area contributed by atoms with E-state index in [0.29, 0.717) is 37.9 Å². The summed E-state index contributed by atoms with van der Waals surface area (Å²) in [5, 5.41) is 2.88. The molecule has 0 atom stereocenters. The van der Waals surface area contributed by atoms with Crippen molar-refractivity contribution in [3.05, 3.63) is 47.8 Å². The third-order valence-electron chi connectivity index (χ3n) is 3.85. The fourth-order valence-corrected chi connectivity index (χ4v) is 2.54. The number of carbonyl (C=O) groups is 1. The molecule has 0 spiro atoms. The van der Waals surface area contributed by atoms with E-state index in [1.54, 1.807) is 30.5 Å². The molecule has 1 fully saturated rings. The molecule has 1 amide bonds. The third-order valence-corrected chi connectivity index (χ3v) is 3.85. The molecule has 0 radical (unpaired) electrons. The summed E-state index contributed by atoms with van der Waals surface area (Å²) in [6.07, 6.45) is 1.72. The summed E-state index contributed by atoms with van der Waals surface area (Å²) in [7, 11) is 0. The second kappa shape index (κ2) is 8.43. The van der Waals surface area contributed by atoms with Crippen molar-refractivity contribution in [3.63, 3.8) is 0 Å². The lowest BCUT2D eigenvalue weighted by atomic mass is 10.2. The van der Waals surface area contributed by atoms with Gasteiger partial charge in [0.05, 0.1) is 32.1 Å². The summed E-state index contributed by atoms with van der Waals surface area (Å²) in [6.45, 7) is 5.80. The molecule has 2 aromatic rings. The number of carbonyl (C=O) groups excluding carboxylic acids is 1. The minimum Gasteiger partial charge on any atom is -0.494 e. The first-order chi connectivity index (χ1) is 12.3. The van der Waals surface area contributed by atoms with Gasteiger partial charge in [0.15, 0.2) is 0 Å². The zero-order valence-corrected chi connectivity index (χ0v) is 14.3. The highest BCUT2D eigenvalue weighted by Gasteiger charge is 2.14. The maximum atomic E-state index is 12.3. The Balaban J connectivity index is 1.58. The molecule has 0 bridgehead atoms. The molecule has 1 aliphatic rings. The fraction of sp³-hybridized carbons (Fsp3) is 0.389. The van der Waals surface area contributed by atoms with Crippen LogP contribution in [0.1, 0.15) is 23.0 Å². The summed E-state index contributed by atoms with van der Waals surface area (Å²) in [5.41, 5.74) is 1.36. The van der Waals surface area contributed by atoms with Gasteiger partial charge in [-0.25, -0.2) is 9.97 Å². The van der Waals surface area contributed by atoms with Crippen molar-refractivity contribution in [2.24, 2.45) is 0 Å². The van der Waals surface area contributed by atoms with Crippen LogP contribution in [-0.4, -0.2) is 48.8 Å². The molecule has 3 rings (SSSR count). The normalized spacial score (nSPS) is 14.2. The molecule has 0 saturated carbocycles. The van der Waals surface area contributed by atoms with Gasteiger partial charge >= 0.3 is 0 Å². The monoisotopic (exact) mass is 342 g/mol. The van der Waals surface area contributed by atoms with Crippen molar-refractivity contribution < 1.29 is 14.3 Å². The van der Waals surface area contributed by atoms with E-state index in [2.05, 4.69) is 20.2 Å². The lowest BCUT2D eigenvalue weighted by Gasteiger charge is -2.26. The van der Waals surface area contributed by atoms with E-state index in [1.165, 1.54) is 0 Å². The SMILES string of the molecule is CCOc1ccc(C(=O)NCc2ccnc(N3CCOCC3)n2)cc1. The van der Waals surface area contributed by atoms with Gasteiger partial charge in [-0.15, -0.1) is 0 Å². The van der Waals surface area contributed by atoms with Gasteiger partial charge in [0.1, 0.15) is 5.75 Å². The number of morpholine rings is 1. The summed E-state index contributed by atoms with van der Waals surface area (Å²) in [4.78, 5) is 23.2. The van der Waals surface area contributed by atoms with Gasteiger partial charge in [0, 0.05) is 24.8 Å². The molecule has 1 aliphatic heterocycles. The van der Waals surface area contributed by atoms with Crippen LogP contribution in [-0.2, 0) is 11.3 Å². The van der Waals surface area contributed by atoms with Gasteiger partial charge in [-0.05, 0) is 37.3 Å². The molecular formula is C18H22N4O3. The molecule has 7 heteroatoms. The molecule has 25 heavy (non-hydrogen) atoms. The Kier molecular flexibility index (Phi) is 5.79. The standard InChI is InChI=1S/C18H22N4O3/c1-2-25-16-5-3-14(4-6-16)17(23)20-13-15-7-8-19-18(21-15)22-9-11-24-12-10-22/h3-8H,2,9-13H2,1H3,(H,20,23). The number of benzene rings is 1. The number of hydrogen-bond donors (Lipinski definition) is 1. The zero-order valence-electron chi connectivity index (χ0n) is 14.3. The quantitative estimate of drug-likeness (QED) is 0.860. The molecule has 132 valence electrons. The van der Waals surface area contributed by atoms with Crippen LogP contribution in [0.3, 0.4) is 0 Å². The van der Waals surface area contributed by atoms with Crippen molar-refractivity contribution in [1.29, 1.82) is 0 Å². The number of rotatable bonds is 6. The van der Waals surface area contributed by atoms with E-state index in [1.807, 2.05) is 13.0 Å². The number of nitrogens with zero attached hydrogens (tertiary/aromatic N) is 3. The minimum atomic E-state index is -0.144. The predicted molar refractivity (Wildman–Crippen MR) is 93.8 cm³/mol. The number of ether oxygens (including phenoxy) is 2. The van der Waals surface area contributed by atoms with Crippen LogP contribution in [0.15, 0.2) is 36.5 Å². The number of amides is 1. The van der Waals surface area contributed by atoms with E-state index in [4.69, 9.17) is 9.47 Å². The predicted octanol–water partition coefficient (Wildman–Crippen LogP) is 1.64. The molecule has 7 nitrogen and oxygen atoms in total. The molecule has 1 aromatic carbocycles. The van der Waals surface area contributed by atoms with E-state index < -0.39 is 0 Å². The molecular weight excluding hydrogens is 320 g/mol. The van der Waals surface area contributed by atoms with Crippen LogP contribution in [0.25, 0.3) is 0 Å². The molecule has 2 heterocycles. The van der Waals surface area contributed by atoms with Crippen molar-refractivity contribution in [1.82, 2.24) is 15.3 Å².